The predicted molar refractivity (Wildman–Crippen MR) is 184 cm³/mol. The first-order valence-electron chi connectivity index (χ1n) is 16.7. The van der Waals surface area contributed by atoms with Crippen LogP contribution in [0, 0.1) is 11.6 Å². The van der Waals surface area contributed by atoms with Crippen LogP contribution in [-0.2, 0) is 6.42 Å². The number of nitrogens with zero attached hydrogens (tertiary/aromatic N) is 6. The van der Waals surface area contributed by atoms with Crippen LogP contribution in [0.25, 0.3) is 32.9 Å². The number of nitrogens with two attached hydrogens (primary N) is 1. The van der Waals surface area contributed by atoms with Gasteiger partial charge in [-0.15, -0.1) is 0 Å². The first-order chi connectivity index (χ1) is 23.7. The Kier molecular flexibility index (Phi) is 7.51. The van der Waals surface area contributed by atoms with E-state index in [1.54, 1.807) is 12.3 Å². The zero-order valence-electron chi connectivity index (χ0n) is 27.5. The molecule has 2 saturated heterocycles. The van der Waals surface area contributed by atoms with Gasteiger partial charge in [0.15, 0.2) is 5.82 Å². The third-order valence-corrected chi connectivity index (χ3v) is 10.3. The summed E-state index contributed by atoms with van der Waals surface area (Å²) in [6, 6.07) is 9.25. The highest BCUT2D eigenvalue weighted by molar-refractivity contribution is 6.03. The Morgan fingerprint density at radius 3 is 2.82 bits per heavy atom. The van der Waals surface area contributed by atoms with Gasteiger partial charge in [0.05, 0.1) is 18.1 Å². The van der Waals surface area contributed by atoms with Crippen molar-refractivity contribution < 1.29 is 23.4 Å². The summed E-state index contributed by atoms with van der Waals surface area (Å²) in [5.41, 5.74) is 8.48. The van der Waals surface area contributed by atoms with Crippen molar-refractivity contribution in [3.8, 4) is 28.9 Å². The van der Waals surface area contributed by atoms with E-state index in [9.17, 15) is 5.11 Å². The number of hydrogen-bond acceptors (Lipinski definition) is 10. The minimum absolute atomic E-state index is 0.0163. The van der Waals surface area contributed by atoms with Crippen LogP contribution in [0.15, 0.2) is 54.7 Å². The van der Waals surface area contributed by atoms with Crippen LogP contribution in [0.4, 0.5) is 20.4 Å². The number of pyridine rings is 2. The SMILES string of the molecule is C=C1CN2CCCC2(COc2nc3c4c(nc(-c5cc(O)cc6ccc(F)c(CC)c56)c(F)c4n2)OCCN3C(C)c2cccnc2N)C1. The molecule has 3 aliphatic rings. The lowest BCUT2D eigenvalue weighted by molar-refractivity contribution is 0.108. The largest absolute Gasteiger partial charge is 0.508 e. The number of aromatic nitrogens is 4. The molecular formula is C37H37F2N7O3. The Morgan fingerprint density at radius 2 is 2.00 bits per heavy atom. The molecule has 0 aliphatic carbocycles. The molecule has 0 bridgehead atoms. The van der Waals surface area contributed by atoms with Gasteiger partial charge in [0.2, 0.25) is 5.88 Å². The predicted octanol–water partition coefficient (Wildman–Crippen LogP) is 6.50. The number of aryl methyl sites for hydroxylation is 1. The van der Waals surface area contributed by atoms with Crippen LogP contribution in [0.1, 0.15) is 50.3 Å². The maximum absolute atomic E-state index is 17.2. The fourth-order valence-electron chi connectivity index (χ4n) is 8.01. The molecule has 252 valence electrons. The summed E-state index contributed by atoms with van der Waals surface area (Å²) in [5, 5.41) is 12.0. The maximum atomic E-state index is 17.2. The number of fused-ring (bicyclic) bond motifs is 2. The number of nitrogen functional groups attached to an aromatic ring is 1. The topological polar surface area (TPSA) is 123 Å². The molecule has 10 nitrogen and oxygen atoms in total. The van der Waals surface area contributed by atoms with E-state index in [1.165, 1.54) is 18.2 Å². The zero-order valence-corrected chi connectivity index (χ0v) is 27.5. The molecule has 2 unspecified atom stereocenters. The van der Waals surface area contributed by atoms with Crippen molar-refractivity contribution in [2.45, 2.75) is 51.1 Å². The molecule has 5 aromatic rings. The molecule has 2 atom stereocenters. The van der Waals surface area contributed by atoms with Gasteiger partial charge in [-0.1, -0.05) is 31.2 Å². The van der Waals surface area contributed by atoms with Crippen LogP contribution in [0.5, 0.6) is 17.6 Å². The Bertz CT molecular complexity index is 2160. The summed E-state index contributed by atoms with van der Waals surface area (Å²) in [6.07, 6.45) is 4.81. The molecule has 2 aromatic carbocycles. The summed E-state index contributed by atoms with van der Waals surface area (Å²) >= 11 is 0. The molecule has 12 heteroatoms. The van der Waals surface area contributed by atoms with E-state index in [2.05, 4.69) is 21.4 Å². The Labute approximate surface area is 282 Å². The number of aromatic hydroxyl groups is 1. The fraction of sp³-hybridized carbons (Fsp3) is 0.351. The lowest BCUT2D eigenvalue weighted by atomic mass is 9.94. The number of phenols is 1. The fourth-order valence-corrected chi connectivity index (χ4v) is 8.01. The van der Waals surface area contributed by atoms with E-state index >= 15 is 8.78 Å². The second-order valence-corrected chi connectivity index (χ2v) is 13.3. The highest BCUT2D eigenvalue weighted by Crippen LogP contribution is 2.45. The molecule has 3 aliphatic heterocycles. The summed E-state index contributed by atoms with van der Waals surface area (Å²) in [7, 11) is 0. The van der Waals surface area contributed by atoms with Crippen molar-refractivity contribution in [1.29, 1.82) is 0 Å². The number of rotatable bonds is 7. The highest BCUT2D eigenvalue weighted by Gasteiger charge is 2.46. The van der Waals surface area contributed by atoms with Gasteiger partial charge in [-0.25, -0.2) is 18.7 Å². The quantitative estimate of drug-likeness (QED) is 0.186. The van der Waals surface area contributed by atoms with Crippen molar-refractivity contribution in [2.75, 3.05) is 43.5 Å². The molecule has 8 rings (SSSR count). The average molecular weight is 666 g/mol. The van der Waals surface area contributed by atoms with Gasteiger partial charge < -0.3 is 25.2 Å². The normalized spacial score (nSPS) is 19.7. The molecule has 3 N–H and O–H groups in total. The van der Waals surface area contributed by atoms with Crippen LogP contribution in [0.2, 0.25) is 0 Å². The third kappa shape index (κ3) is 5.08. The van der Waals surface area contributed by atoms with Gasteiger partial charge in [0, 0.05) is 23.9 Å². The molecule has 0 saturated carbocycles. The molecule has 49 heavy (non-hydrogen) atoms. The minimum Gasteiger partial charge on any atom is -0.508 e. The van der Waals surface area contributed by atoms with Gasteiger partial charge >= 0.3 is 6.01 Å². The van der Waals surface area contributed by atoms with E-state index in [4.69, 9.17) is 25.2 Å². The Balaban J connectivity index is 1.34. The number of halogens is 2. The summed E-state index contributed by atoms with van der Waals surface area (Å²) in [4.78, 5) is 22.9. The lowest BCUT2D eigenvalue weighted by Crippen LogP contribution is -2.43. The molecule has 2 fully saturated rings. The van der Waals surface area contributed by atoms with Gasteiger partial charge in [-0.3, -0.25) is 4.90 Å². The number of benzene rings is 2. The lowest BCUT2D eigenvalue weighted by Gasteiger charge is -2.32. The van der Waals surface area contributed by atoms with Crippen molar-refractivity contribution in [3.63, 3.8) is 0 Å². The van der Waals surface area contributed by atoms with E-state index in [0.29, 0.717) is 47.5 Å². The molecule has 0 radical (unpaired) electrons. The van der Waals surface area contributed by atoms with Crippen molar-refractivity contribution >= 4 is 33.3 Å². The maximum Gasteiger partial charge on any atom is 0.319 e. The van der Waals surface area contributed by atoms with Crippen LogP contribution in [0.3, 0.4) is 0 Å². The summed E-state index contributed by atoms with van der Waals surface area (Å²) in [6.45, 7) is 10.7. The molecule has 6 heterocycles. The Hall–Kier alpha value is -5.10. The minimum atomic E-state index is -0.764. The van der Waals surface area contributed by atoms with Gasteiger partial charge in [-0.2, -0.15) is 9.97 Å². The van der Waals surface area contributed by atoms with Gasteiger partial charge in [-0.05, 0) is 79.8 Å². The first-order valence-corrected chi connectivity index (χ1v) is 16.7. The van der Waals surface area contributed by atoms with Crippen LogP contribution < -0.4 is 20.1 Å². The van der Waals surface area contributed by atoms with E-state index < -0.39 is 11.6 Å². The molecular weight excluding hydrogens is 628 g/mol. The zero-order chi connectivity index (χ0) is 34.0. The molecule has 3 aromatic heterocycles. The monoisotopic (exact) mass is 665 g/mol. The van der Waals surface area contributed by atoms with Crippen LogP contribution >= 0.6 is 0 Å². The average Bonchev–Trinajstić information content (AvgIpc) is 3.55. The third-order valence-electron chi connectivity index (χ3n) is 10.3. The molecule has 0 amide bonds. The van der Waals surface area contributed by atoms with Gasteiger partial charge in [0.1, 0.15) is 53.0 Å². The number of anilines is 2. The second-order valence-electron chi connectivity index (χ2n) is 13.3. The first kappa shape index (κ1) is 31.2. The number of hydrogen-bond donors (Lipinski definition) is 2. The molecule has 0 spiro atoms. The van der Waals surface area contributed by atoms with Crippen molar-refractivity contribution in [1.82, 2.24) is 24.8 Å². The summed E-state index contributed by atoms with van der Waals surface area (Å²) in [5.74, 6) is -0.409. The second kappa shape index (κ2) is 11.8. The standard InChI is InChI=1S/C37H37F2N7O3/c1-4-24-27(38)9-8-22-15-23(47)16-26(28(22)24)31-30(39)32-29-34(44-36(43-32)49-19-37-10-6-12-45(37)18-20(2)17-37)46(13-14-48-35(29)42-31)21(3)25-7-5-11-41-33(25)40/h5,7-9,11,15-16,21,47H,2,4,6,10,12-14,17-19H2,1,3H3,(H2,40,41). The number of phenolic OH excluding ortho intramolecular Hbond substituents is 1. The van der Waals surface area contributed by atoms with Crippen molar-refractivity contribution in [2.24, 2.45) is 0 Å². The van der Waals surface area contributed by atoms with Gasteiger partial charge in [0.25, 0.3) is 0 Å². The van der Waals surface area contributed by atoms with E-state index in [1.807, 2.05) is 30.9 Å². The van der Waals surface area contributed by atoms with E-state index in [0.717, 1.165) is 43.5 Å². The van der Waals surface area contributed by atoms with Crippen molar-refractivity contribution in [3.05, 3.63) is 77.5 Å². The number of ether oxygens (including phenoxy) is 2. The van der Waals surface area contributed by atoms with Crippen LogP contribution in [-0.4, -0.2) is 68.3 Å². The highest BCUT2D eigenvalue weighted by atomic mass is 19.1. The Morgan fingerprint density at radius 1 is 1.14 bits per heavy atom. The smallest absolute Gasteiger partial charge is 0.319 e. The summed E-state index contributed by atoms with van der Waals surface area (Å²) < 4.78 is 45.0. The van der Waals surface area contributed by atoms with E-state index in [-0.39, 0.29) is 58.0 Å².